The van der Waals surface area contributed by atoms with Crippen molar-refractivity contribution in [3.8, 4) is 0 Å². The van der Waals surface area contributed by atoms with Gasteiger partial charge in [-0.15, -0.1) is 23.1 Å². The fraction of sp³-hybridized carbons (Fsp3) is 0.182. The van der Waals surface area contributed by atoms with Crippen LogP contribution >= 0.6 is 23.1 Å². The molecule has 4 heteroatoms. The monoisotopic (exact) mass is 237 g/mol. The van der Waals surface area contributed by atoms with E-state index in [9.17, 15) is 0 Å². The molecule has 0 spiro atoms. The topological polar surface area (TPSA) is 33.1 Å². The molecule has 0 amide bonds. The van der Waals surface area contributed by atoms with Gasteiger partial charge in [0.1, 0.15) is 0 Å². The van der Waals surface area contributed by atoms with E-state index in [1.165, 1.54) is 9.77 Å². The van der Waals surface area contributed by atoms with Crippen molar-refractivity contribution in [1.29, 1.82) is 0 Å². The van der Waals surface area contributed by atoms with Crippen molar-refractivity contribution < 1.29 is 5.11 Å². The molecule has 1 aromatic heterocycles. The van der Waals surface area contributed by atoms with Gasteiger partial charge in [0, 0.05) is 21.7 Å². The molecule has 1 aromatic carbocycles. The minimum atomic E-state index is 0.106. The van der Waals surface area contributed by atoms with Gasteiger partial charge in [-0.25, -0.2) is 0 Å². The van der Waals surface area contributed by atoms with Gasteiger partial charge in [0.15, 0.2) is 0 Å². The van der Waals surface area contributed by atoms with Crippen LogP contribution < -0.4 is 0 Å². The third-order valence-electron chi connectivity index (χ3n) is 1.95. The first kappa shape index (κ1) is 10.7. The minimum Gasteiger partial charge on any atom is -0.392 e. The summed E-state index contributed by atoms with van der Waals surface area (Å²) in [5.41, 5.74) is 2.81. The fourth-order valence-corrected chi connectivity index (χ4v) is 2.82. The number of thiazole rings is 1. The predicted molar refractivity (Wildman–Crippen MR) is 64.0 cm³/mol. The molecule has 0 saturated carbocycles. The van der Waals surface area contributed by atoms with Gasteiger partial charge in [-0.1, -0.05) is 12.1 Å². The lowest BCUT2D eigenvalue weighted by Gasteiger charge is -2.01. The van der Waals surface area contributed by atoms with E-state index >= 15 is 0 Å². The van der Waals surface area contributed by atoms with Gasteiger partial charge in [0.25, 0.3) is 0 Å². The van der Waals surface area contributed by atoms with Crippen LogP contribution in [0.2, 0.25) is 0 Å². The lowest BCUT2D eigenvalue weighted by atomic mass is 10.2. The fourth-order valence-electron chi connectivity index (χ4n) is 1.20. The molecule has 15 heavy (non-hydrogen) atoms. The smallest absolute Gasteiger partial charge is 0.0794 e. The molecule has 0 aliphatic carbocycles. The largest absolute Gasteiger partial charge is 0.392 e. The number of thioether (sulfide) groups is 1. The zero-order chi connectivity index (χ0) is 10.5. The number of hydrogen-bond acceptors (Lipinski definition) is 4. The molecule has 1 heterocycles. The maximum Gasteiger partial charge on any atom is 0.0794 e. The lowest BCUT2D eigenvalue weighted by Crippen LogP contribution is -1.82. The zero-order valence-corrected chi connectivity index (χ0v) is 9.72. The van der Waals surface area contributed by atoms with Gasteiger partial charge in [-0.3, -0.25) is 4.98 Å². The van der Waals surface area contributed by atoms with Gasteiger partial charge in [0.05, 0.1) is 12.1 Å². The van der Waals surface area contributed by atoms with Crippen LogP contribution in [0.15, 0.2) is 40.9 Å². The van der Waals surface area contributed by atoms with E-state index < -0.39 is 0 Å². The molecule has 0 saturated heterocycles. The van der Waals surface area contributed by atoms with Crippen LogP contribution in [0.25, 0.3) is 0 Å². The highest BCUT2D eigenvalue weighted by atomic mass is 32.2. The average Bonchev–Trinajstić information content (AvgIpc) is 2.79. The Morgan fingerprint density at radius 3 is 3.07 bits per heavy atom. The van der Waals surface area contributed by atoms with E-state index in [0.29, 0.717) is 0 Å². The standard InChI is InChI=1S/C11H11NOS2/c13-6-9-2-1-3-10(4-9)14-7-11-5-12-8-15-11/h1-5,8,13H,6-7H2. The quantitative estimate of drug-likeness (QED) is 0.830. The second-order valence-corrected chi connectivity index (χ2v) is 5.08. The molecule has 0 radical (unpaired) electrons. The van der Waals surface area contributed by atoms with Crippen LogP contribution in [0.4, 0.5) is 0 Å². The first-order chi connectivity index (χ1) is 7.38. The number of aliphatic hydroxyl groups is 1. The van der Waals surface area contributed by atoms with E-state index in [2.05, 4.69) is 11.1 Å². The van der Waals surface area contributed by atoms with Gasteiger partial charge in [0.2, 0.25) is 0 Å². The Balaban J connectivity index is 1.98. The summed E-state index contributed by atoms with van der Waals surface area (Å²) in [6.45, 7) is 0.106. The number of aliphatic hydroxyl groups excluding tert-OH is 1. The molecular formula is C11H11NOS2. The third kappa shape index (κ3) is 3.06. The molecule has 2 aromatic rings. The molecule has 0 unspecified atom stereocenters. The molecule has 0 atom stereocenters. The number of benzene rings is 1. The van der Waals surface area contributed by atoms with Gasteiger partial charge in [-0.2, -0.15) is 0 Å². The Bertz CT molecular complexity index is 414. The van der Waals surface area contributed by atoms with Crippen molar-refractivity contribution in [2.45, 2.75) is 17.3 Å². The van der Waals surface area contributed by atoms with Crippen molar-refractivity contribution >= 4 is 23.1 Å². The Kier molecular flexibility index (Phi) is 3.77. The van der Waals surface area contributed by atoms with Gasteiger partial charge >= 0.3 is 0 Å². The molecule has 0 bridgehead atoms. The van der Waals surface area contributed by atoms with E-state index in [-0.39, 0.29) is 6.61 Å². The lowest BCUT2D eigenvalue weighted by molar-refractivity contribution is 0.281. The Morgan fingerprint density at radius 2 is 2.33 bits per heavy atom. The normalized spacial score (nSPS) is 10.5. The Hall–Kier alpha value is -0.840. The average molecular weight is 237 g/mol. The van der Waals surface area contributed by atoms with Crippen molar-refractivity contribution in [2.75, 3.05) is 0 Å². The summed E-state index contributed by atoms with van der Waals surface area (Å²) in [5.74, 6) is 0.944. The molecule has 2 rings (SSSR count). The van der Waals surface area contributed by atoms with E-state index in [1.54, 1.807) is 23.1 Å². The van der Waals surface area contributed by atoms with E-state index in [0.717, 1.165) is 11.3 Å². The molecule has 0 aliphatic rings. The summed E-state index contributed by atoms with van der Waals surface area (Å²) in [4.78, 5) is 6.50. The highest BCUT2D eigenvalue weighted by molar-refractivity contribution is 7.98. The molecular weight excluding hydrogens is 226 g/mol. The molecule has 78 valence electrons. The molecule has 1 N–H and O–H groups in total. The summed E-state index contributed by atoms with van der Waals surface area (Å²) < 4.78 is 0. The summed E-state index contributed by atoms with van der Waals surface area (Å²) >= 11 is 3.44. The zero-order valence-electron chi connectivity index (χ0n) is 8.09. The summed E-state index contributed by atoms with van der Waals surface area (Å²) in [5, 5.41) is 9.00. The summed E-state index contributed by atoms with van der Waals surface area (Å²) in [6, 6.07) is 7.98. The number of aromatic nitrogens is 1. The van der Waals surface area contributed by atoms with Crippen molar-refractivity contribution in [3.05, 3.63) is 46.4 Å². The number of rotatable bonds is 4. The SMILES string of the molecule is OCc1cccc(SCc2cncs2)c1. The molecule has 2 nitrogen and oxygen atoms in total. The Morgan fingerprint density at radius 1 is 1.40 bits per heavy atom. The van der Waals surface area contributed by atoms with Crippen LogP contribution in [-0.2, 0) is 12.4 Å². The van der Waals surface area contributed by atoms with Crippen LogP contribution in [0.1, 0.15) is 10.4 Å². The molecule has 0 fully saturated rings. The second-order valence-electron chi connectivity index (χ2n) is 3.06. The van der Waals surface area contributed by atoms with Crippen molar-refractivity contribution in [2.24, 2.45) is 0 Å². The summed E-state index contributed by atoms with van der Waals surface area (Å²) in [6.07, 6.45) is 1.90. The van der Waals surface area contributed by atoms with E-state index in [1.807, 2.05) is 29.9 Å². The highest BCUT2D eigenvalue weighted by Crippen LogP contribution is 2.24. The van der Waals surface area contributed by atoms with Crippen LogP contribution in [-0.4, -0.2) is 10.1 Å². The van der Waals surface area contributed by atoms with Crippen LogP contribution in [0, 0.1) is 0 Å². The second kappa shape index (κ2) is 5.30. The van der Waals surface area contributed by atoms with Gasteiger partial charge < -0.3 is 5.11 Å². The predicted octanol–water partition coefficient (Wildman–Crippen LogP) is 2.93. The summed E-state index contributed by atoms with van der Waals surface area (Å²) in [7, 11) is 0. The maximum absolute atomic E-state index is 9.00. The van der Waals surface area contributed by atoms with Crippen LogP contribution in [0.5, 0.6) is 0 Å². The van der Waals surface area contributed by atoms with Gasteiger partial charge in [-0.05, 0) is 17.7 Å². The number of hydrogen-bond donors (Lipinski definition) is 1. The van der Waals surface area contributed by atoms with E-state index in [4.69, 9.17) is 5.11 Å². The first-order valence-electron chi connectivity index (χ1n) is 4.58. The minimum absolute atomic E-state index is 0.106. The highest BCUT2D eigenvalue weighted by Gasteiger charge is 1.98. The Labute approximate surface area is 97.0 Å². The first-order valence-corrected chi connectivity index (χ1v) is 6.45. The van der Waals surface area contributed by atoms with Crippen molar-refractivity contribution in [1.82, 2.24) is 4.98 Å². The molecule has 0 aliphatic heterocycles. The number of nitrogens with zero attached hydrogens (tertiary/aromatic N) is 1. The maximum atomic E-state index is 9.00. The third-order valence-corrected chi connectivity index (χ3v) is 3.95. The van der Waals surface area contributed by atoms with Crippen molar-refractivity contribution in [3.63, 3.8) is 0 Å². The van der Waals surface area contributed by atoms with Crippen LogP contribution in [0.3, 0.4) is 0 Å².